The van der Waals surface area contributed by atoms with Gasteiger partial charge in [-0.3, -0.25) is 0 Å². The average molecular weight is 264 g/mol. The van der Waals surface area contributed by atoms with Gasteiger partial charge in [-0.1, -0.05) is 11.6 Å². The van der Waals surface area contributed by atoms with Crippen molar-refractivity contribution in [1.29, 1.82) is 0 Å². The van der Waals surface area contributed by atoms with Crippen LogP contribution < -0.4 is 10.5 Å². The van der Waals surface area contributed by atoms with E-state index in [1.165, 1.54) is 6.33 Å². The number of hydrogen-bond acceptors (Lipinski definition) is 4. The van der Waals surface area contributed by atoms with Crippen LogP contribution in [0.15, 0.2) is 30.6 Å². The Kier molecular flexibility index (Phi) is 4.12. The van der Waals surface area contributed by atoms with E-state index in [0.717, 1.165) is 17.0 Å². The molecule has 0 aliphatic carbocycles. The molecule has 0 saturated carbocycles. The van der Waals surface area contributed by atoms with Crippen LogP contribution in [0.3, 0.4) is 0 Å². The maximum Gasteiger partial charge on any atom is 0.137 e. The van der Waals surface area contributed by atoms with Crippen LogP contribution >= 0.6 is 11.6 Å². The average Bonchev–Trinajstić information content (AvgIpc) is 2.41. The molecule has 0 spiro atoms. The monoisotopic (exact) mass is 263 g/mol. The Morgan fingerprint density at radius 1 is 1.28 bits per heavy atom. The molecular weight excluding hydrogens is 250 g/mol. The second-order valence-corrected chi connectivity index (χ2v) is 4.08. The first kappa shape index (κ1) is 12.8. The van der Waals surface area contributed by atoms with E-state index in [-0.39, 0.29) is 0 Å². The van der Waals surface area contributed by atoms with Gasteiger partial charge in [0.05, 0.1) is 23.0 Å². The van der Waals surface area contributed by atoms with Gasteiger partial charge >= 0.3 is 0 Å². The zero-order chi connectivity index (χ0) is 13.0. The van der Waals surface area contributed by atoms with Crippen molar-refractivity contribution in [3.8, 4) is 17.0 Å². The largest absolute Gasteiger partial charge is 0.492 e. The van der Waals surface area contributed by atoms with Gasteiger partial charge in [-0.25, -0.2) is 9.97 Å². The molecule has 2 aromatic rings. The second kappa shape index (κ2) is 5.80. The fraction of sp³-hybridized carbons (Fsp3) is 0.231. The summed E-state index contributed by atoms with van der Waals surface area (Å²) >= 11 is 6.14. The van der Waals surface area contributed by atoms with Crippen LogP contribution in [0.1, 0.15) is 12.6 Å². The number of nitrogens with zero attached hydrogens (tertiary/aromatic N) is 2. The Morgan fingerprint density at radius 3 is 2.78 bits per heavy atom. The van der Waals surface area contributed by atoms with E-state index < -0.39 is 0 Å². The van der Waals surface area contributed by atoms with Crippen molar-refractivity contribution in [3.63, 3.8) is 0 Å². The summed E-state index contributed by atoms with van der Waals surface area (Å²) in [4.78, 5) is 8.27. The second-order valence-electron chi connectivity index (χ2n) is 3.68. The number of nitrogens with two attached hydrogens (primary N) is 1. The van der Waals surface area contributed by atoms with E-state index in [1.54, 1.807) is 0 Å². The first-order valence-electron chi connectivity index (χ1n) is 5.68. The first-order valence-corrected chi connectivity index (χ1v) is 6.06. The third-order valence-electron chi connectivity index (χ3n) is 2.46. The summed E-state index contributed by atoms with van der Waals surface area (Å²) in [5.41, 5.74) is 8.07. The molecule has 4 nitrogen and oxygen atoms in total. The molecule has 0 atom stereocenters. The molecule has 1 aromatic heterocycles. The Bertz CT molecular complexity index is 546. The van der Waals surface area contributed by atoms with Crippen LogP contribution in [0.2, 0.25) is 5.02 Å². The smallest absolute Gasteiger partial charge is 0.137 e. The van der Waals surface area contributed by atoms with E-state index in [9.17, 15) is 0 Å². The van der Waals surface area contributed by atoms with Gasteiger partial charge in [-0.2, -0.15) is 0 Å². The van der Waals surface area contributed by atoms with E-state index in [0.29, 0.717) is 23.9 Å². The minimum Gasteiger partial charge on any atom is -0.492 e. The standard InChI is InChI=1S/C13H14ClN3O/c1-2-18-13-4-3-9(5-11(13)14)12-6-10(7-15)16-8-17-12/h3-6,8H,2,7,15H2,1H3. The number of halogens is 1. The van der Waals surface area contributed by atoms with Crippen LogP contribution in [0.5, 0.6) is 5.75 Å². The molecular formula is C13H14ClN3O. The maximum atomic E-state index is 6.14. The van der Waals surface area contributed by atoms with Crippen LogP contribution in [0.25, 0.3) is 11.3 Å². The molecule has 1 aromatic carbocycles. The molecule has 0 saturated heterocycles. The zero-order valence-electron chi connectivity index (χ0n) is 10.1. The van der Waals surface area contributed by atoms with Crippen molar-refractivity contribution in [2.24, 2.45) is 5.73 Å². The number of benzene rings is 1. The molecule has 0 unspecified atom stereocenters. The van der Waals surface area contributed by atoms with E-state index in [1.807, 2.05) is 31.2 Å². The molecule has 94 valence electrons. The summed E-state index contributed by atoms with van der Waals surface area (Å²) in [6, 6.07) is 7.44. The SMILES string of the molecule is CCOc1ccc(-c2cc(CN)ncn2)cc1Cl. The van der Waals surface area contributed by atoms with Crippen molar-refractivity contribution in [2.75, 3.05) is 6.61 Å². The summed E-state index contributed by atoms with van der Waals surface area (Å²) in [5, 5.41) is 0.572. The van der Waals surface area contributed by atoms with Gasteiger partial charge in [0.15, 0.2) is 0 Å². The van der Waals surface area contributed by atoms with Gasteiger partial charge in [0, 0.05) is 12.1 Å². The number of aromatic nitrogens is 2. The van der Waals surface area contributed by atoms with E-state index >= 15 is 0 Å². The lowest BCUT2D eigenvalue weighted by molar-refractivity contribution is 0.340. The van der Waals surface area contributed by atoms with Crippen molar-refractivity contribution < 1.29 is 4.74 Å². The lowest BCUT2D eigenvalue weighted by Gasteiger charge is -2.08. The topological polar surface area (TPSA) is 61.0 Å². The Labute approximate surface area is 111 Å². The molecule has 5 heteroatoms. The third kappa shape index (κ3) is 2.78. The number of ether oxygens (including phenoxy) is 1. The molecule has 0 radical (unpaired) electrons. The third-order valence-corrected chi connectivity index (χ3v) is 2.76. The first-order chi connectivity index (χ1) is 8.74. The Balaban J connectivity index is 2.35. The summed E-state index contributed by atoms with van der Waals surface area (Å²) < 4.78 is 5.39. The minimum atomic E-state index is 0.389. The molecule has 0 aliphatic heterocycles. The number of hydrogen-bond donors (Lipinski definition) is 1. The van der Waals surface area contributed by atoms with Gasteiger partial charge in [0.1, 0.15) is 12.1 Å². The van der Waals surface area contributed by atoms with Gasteiger partial charge in [0.2, 0.25) is 0 Å². The van der Waals surface area contributed by atoms with Gasteiger partial charge in [0.25, 0.3) is 0 Å². The minimum absolute atomic E-state index is 0.389. The molecule has 0 bridgehead atoms. The fourth-order valence-electron chi connectivity index (χ4n) is 1.60. The molecule has 0 fully saturated rings. The number of rotatable bonds is 4. The van der Waals surface area contributed by atoms with Gasteiger partial charge in [-0.15, -0.1) is 0 Å². The maximum absolute atomic E-state index is 6.14. The summed E-state index contributed by atoms with van der Waals surface area (Å²) in [5.74, 6) is 0.677. The summed E-state index contributed by atoms with van der Waals surface area (Å²) in [7, 11) is 0. The molecule has 18 heavy (non-hydrogen) atoms. The molecule has 2 rings (SSSR count). The zero-order valence-corrected chi connectivity index (χ0v) is 10.8. The van der Waals surface area contributed by atoms with E-state index in [4.69, 9.17) is 22.1 Å². The predicted octanol–water partition coefficient (Wildman–Crippen LogP) is 2.65. The van der Waals surface area contributed by atoms with Crippen LogP contribution in [-0.4, -0.2) is 16.6 Å². The fourth-order valence-corrected chi connectivity index (χ4v) is 1.83. The lowest BCUT2D eigenvalue weighted by atomic mass is 10.1. The summed E-state index contributed by atoms with van der Waals surface area (Å²) in [6.07, 6.45) is 1.50. The highest BCUT2D eigenvalue weighted by Gasteiger charge is 2.06. The van der Waals surface area contributed by atoms with Crippen molar-refractivity contribution in [3.05, 3.63) is 41.3 Å². The van der Waals surface area contributed by atoms with Gasteiger partial charge in [-0.05, 0) is 31.2 Å². The van der Waals surface area contributed by atoms with Crippen LogP contribution in [-0.2, 0) is 6.54 Å². The van der Waals surface area contributed by atoms with Crippen molar-refractivity contribution in [1.82, 2.24) is 9.97 Å². The van der Waals surface area contributed by atoms with Crippen molar-refractivity contribution >= 4 is 11.6 Å². The normalized spacial score (nSPS) is 10.4. The molecule has 0 amide bonds. The van der Waals surface area contributed by atoms with E-state index in [2.05, 4.69) is 9.97 Å². The quantitative estimate of drug-likeness (QED) is 0.921. The molecule has 0 aliphatic rings. The predicted molar refractivity (Wildman–Crippen MR) is 71.5 cm³/mol. The van der Waals surface area contributed by atoms with Gasteiger partial charge < -0.3 is 10.5 Å². The van der Waals surface area contributed by atoms with Crippen LogP contribution in [0, 0.1) is 0 Å². The molecule has 2 N–H and O–H groups in total. The Morgan fingerprint density at radius 2 is 2.11 bits per heavy atom. The highest BCUT2D eigenvalue weighted by Crippen LogP contribution is 2.29. The summed E-state index contributed by atoms with van der Waals surface area (Å²) in [6.45, 7) is 2.90. The Hall–Kier alpha value is -1.65. The lowest BCUT2D eigenvalue weighted by Crippen LogP contribution is -2.00. The highest BCUT2D eigenvalue weighted by molar-refractivity contribution is 6.32. The molecule has 1 heterocycles. The van der Waals surface area contributed by atoms with Crippen LogP contribution in [0.4, 0.5) is 0 Å². The highest BCUT2D eigenvalue weighted by atomic mass is 35.5. The van der Waals surface area contributed by atoms with Crippen molar-refractivity contribution in [2.45, 2.75) is 13.5 Å².